The van der Waals surface area contributed by atoms with E-state index in [9.17, 15) is 4.79 Å². The number of nitrogens with zero attached hydrogens (tertiary/aromatic N) is 1. The molecule has 0 radical (unpaired) electrons. The van der Waals surface area contributed by atoms with Crippen LogP contribution in [-0.2, 0) is 11.2 Å². The zero-order chi connectivity index (χ0) is 20.6. The highest BCUT2D eigenvalue weighted by Crippen LogP contribution is 2.23. The number of aryl methyl sites for hydroxylation is 1. The second-order valence-corrected chi connectivity index (χ2v) is 7.94. The van der Waals surface area contributed by atoms with E-state index < -0.39 is 0 Å². The number of carbonyl (C=O) groups excluding carboxylic acids is 1. The first-order valence-corrected chi connectivity index (χ1v) is 11.0. The molecule has 4 nitrogen and oxygen atoms in total. The van der Waals surface area contributed by atoms with E-state index in [4.69, 9.17) is 4.74 Å². The summed E-state index contributed by atoms with van der Waals surface area (Å²) in [6.45, 7) is 5.07. The predicted molar refractivity (Wildman–Crippen MR) is 123 cm³/mol. The van der Waals surface area contributed by atoms with Crippen LogP contribution in [0.5, 0.6) is 0 Å². The van der Waals surface area contributed by atoms with Crippen LogP contribution < -0.4 is 5.32 Å². The molecule has 0 aliphatic carbocycles. The molecule has 4 rings (SSSR count). The maximum Gasteiger partial charge on any atom is 0.255 e. The maximum atomic E-state index is 12.7. The van der Waals surface area contributed by atoms with Crippen LogP contribution in [0.3, 0.4) is 0 Å². The van der Waals surface area contributed by atoms with E-state index in [1.807, 2.05) is 42.5 Å². The molecule has 3 aromatic carbocycles. The summed E-state index contributed by atoms with van der Waals surface area (Å²) in [6.07, 6.45) is 4.73. The summed E-state index contributed by atoms with van der Waals surface area (Å²) in [6, 6.07) is 22.1. The number of anilines is 1. The van der Waals surface area contributed by atoms with Gasteiger partial charge in [-0.3, -0.25) is 9.69 Å². The Kier molecular flexibility index (Phi) is 7.11. The molecule has 1 N–H and O–H groups in total. The van der Waals surface area contributed by atoms with E-state index in [1.165, 1.54) is 31.4 Å². The normalized spacial score (nSPS) is 14.7. The SMILES string of the molecule is O=C(Nc1cccc2ccccc12)c1ccc(CCCCCN2CCOCC2)cc1. The van der Waals surface area contributed by atoms with Crippen molar-refractivity contribution in [2.24, 2.45) is 0 Å². The number of hydrogen-bond donors (Lipinski definition) is 1. The van der Waals surface area contributed by atoms with Crippen molar-refractivity contribution in [1.29, 1.82) is 0 Å². The summed E-state index contributed by atoms with van der Waals surface area (Å²) < 4.78 is 5.39. The fourth-order valence-corrected chi connectivity index (χ4v) is 4.02. The third-order valence-corrected chi connectivity index (χ3v) is 5.80. The molecule has 0 unspecified atom stereocenters. The summed E-state index contributed by atoms with van der Waals surface area (Å²) in [4.78, 5) is 15.2. The van der Waals surface area contributed by atoms with Crippen LogP contribution in [0.1, 0.15) is 35.2 Å². The number of rotatable bonds is 8. The minimum Gasteiger partial charge on any atom is -0.379 e. The van der Waals surface area contributed by atoms with Gasteiger partial charge >= 0.3 is 0 Å². The molecule has 30 heavy (non-hydrogen) atoms. The molecule has 4 heteroatoms. The van der Waals surface area contributed by atoms with Crippen molar-refractivity contribution >= 4 is 22.4 Å². The standard InChI is InChI=1S/C26H30N2O2/c29-26(27-25-11-6-9-22-8-3-4-10-24(22)25)23-14-12-21(13-15-23)7-2-1-5-16-28-17-19-30-20-18-28/h3-4,6,8-15H,1-2,5,7,16-20H2,(H,27,29). The third kappa shape index (κ3) is 5.47. The number of fused-ring (bicyclic) bond motifs is 1. The highest BCUT2D eigenvalue weighted by Gasteiger charge is 2.10. The van der Waals surface area contributed by atoms with Crippen molar-refractivity contribution in [3.8, 4) is 0 Å². The zero-order valence-corrected chi connectivity index (χ0v) is 17.5. The molecular weight excluding hydrogens is 372 g/mol. The predicted octanol–water partition coefficient (Wildman–Crippen LogP) is 5.14. The van der Waals surface area contributed by atoms with Crippen LogP contribution in [-0.4, -0.2) is 43.7 Å². The molecule has 1 fully saturated rings. The van der Waals surface area contributed by atoms with Crippen molar-refractivity contribution in [2.45, 2.75) is 25.7 Å². The van der Waals surface area contributed by atoms with Gasteiger partial charge in [0.15, 0.2) is 0 Å². The average molecular weight is 403 g/mol. The summed E-state index contributed by atoms with van der Waals surface area (Å²) in [5.41, 5.74) is 2.84. The molecule has 0 atom stereocenters. The smallest absolute Gasteiger partial charge is 0.255 e. The number of carbonyl (C=O) groups is 1. The summed E-state index contributed by atoms with van der Waals surface area (Å²) >= 11 is 0. The van der Waals surface area contributed by atoms with Crippen molar-refractivity contribution in [3.63, 3.8) is 0 Å². The number of hydrogen-bond acceptors (Lipinski definition) is 3. The second kappa shape index (κ2) is 10.4. The summed E-state index contributed by atoms with van der Waals surface area (Å²) in [7, 11) is 0. The fourth-order valence-electron chi connectivity index (χ4n) is 4.02. The molecule has 1 aliphatic rings. The molecule has 3 aromatic rings. The van der Waals surface area contributed by atoms with Gasteiger partial charge in [0.05, 0.1) is 13.2 Å². The van der Waals surface area contributed by atoms with Gasteiger partial charge in [-0.1, -0.05) is 55.0 Å². The number of unbranched alkanes of at least 4 members (excludes halogenated alkanes) is 2. The van der Waals surface area contributed by atoms with Crippen molar-refractivity contribution in [2.75, 3.05) is 38.2 Å². The molecule has 0 bridgehead atoms. The van der Waals surface area contributed by atoms with Gasteiger partial charge in [0.25, 0.3) is 5.91 Å². The van der Waals surface area contributed by atoms with Gasteiger partial charge in [-0.25, -0.2) is 0 Å². The van der Waals surface area contributed by atoms with Crippen molar-refractivity contribution in [1.82, 2.24) is 4.90 Å². The largest absolute Gasteiger partial charge is 0.379 e. The van der Waals surface area contributed by atoms with Crippen LogP contribution in [0.15, 0.2) is 66.7 Å². The molecule has 156 valence electrons. The molecule has 0 spiro atoms. The number of morpholine rings is 1. The van der Waals surface area contributed by atoms with Gasteiger partial charge in [0.1, 0.15) is 0 Å². The van der Waals surface area contributed by atoms with Crippen LogP contribution in [0, 0.1) is 0 Å². The number of ether oxygens (including phenoxy) is 1. The van der Waals surface area contributed by atoms with Crippen molar-refractivity contribution < 1.29 is 9.53 Å². The fraction of sp³-hybridized carbons (Fsp3) is 0.346. The Morgan fingerprint density at radius 3 is 2.47 bits per heavy atom. The molecule has 0 saturated carbocycles. The topological polar surface area (TPSA) is 41.6 Å². The lowest BCUT2D eigenvalue weighted by atomic mass is 10.0. The highest BCUT2D eigenvalue weighted by atomic mass is 16.5. The molecule has 1 saturated heterocycles. The summed E-state index contributed by atoms with van der Waals surface area (Å²) in [5, 5.41) is 5.24. The monoisotopic (exact) mass is 402 g/mol. The summed E-state index contributed by atoms with van der Waals surface area (Å²) in [5.74, 6) is -0.0663. The zero-order valence-electron chi connectivity index (χ0n) is 17.5. The number of benzene rings is 3. The van der Waals surface area contributed by atoms with E-state index in [1.54, 1.807) is 0 Å². The van der Waals surface area contributed by atoms with E-state index in [2.05, 4.69) is 34.5 Å². The maximum absolute atomic E-state index is 12.7. The van der Waals surface area contributed by atoms with Crippen molar-refractivity contribution in [3.05, 3.63) is 77.9 Å². The van der Waals surface area contributed by atoms with E-state index in [-0.39, 0.29) is 5.91 Å². The molecular formula is C26H30N2O2. The molecule has 0 aromatic heterocycles. The minimum absolute atomic E-state index is 0.0663. The second-order valence-electron chi connectivity index (χ2n) is 7.94. The third-order valence-electron chi connectivity index (χ3n) is 5.80. The van der Waals surface area contributed by atoms with Gasteiger partial charge in [0.2, 0.25) is 0 Å². The Hall–Kier alpha value is -2.69. The Labute approximate surface area is 178 Å². The lowest BCUT2D eigenvalue weighted by molar-refractivity contribution is 0.0371. The lowest BCUT2D eigenvalue weighted by Crippen LogP contribution is -2.36. The van der Waals surface area contributed by atoms with Crippen LogP contribution >= 0.6 is 0 Å². The Bertz CT molecular complexity index is 957. The van der Waals surface area contributed by atoms with Gasteiger partial charge in [-0.05, 0) is 55.0 Å². The van der Waals surface area contributed by atoms with Gasteiger partial charge in [-0.15, -0.1) is 0 Å². The first-order chi connectivity index (χ1) is 14.8. The highest BCUT2D eigenvalue weighted by molar-refractivity contribution is 6.09. The Morgan fingerprint density at radius 2 is 1.63 bits per heavy atom. The average Bonchev–Trinajstić information content (AvgIpc) is 2.80. The van der Waals surface area contributed by atoms with E-state index in [0.29, 0.717) is 5.56 Å². The Balaban J connectivity index is 1.25. The first kappa shape index (κ1) is 20.6. The van der Waals surface area contributed by atoms with Gasteiger partial charge in [-0.2, -0.15) is 0 Å². The molecule has 1 aliphatic heterocycles. The quantitative estimate of drug-likeness (QED) is 0.531. The molecule has 1 heterocycles. The van der Waals surface area contributed by atoms with E-state index in [0.717, 1.165) is 49.2 Å². The Morgan fingerprint density at radius 1 is 0.867 bits per heavy atom. The number of nitrogens with one attached hydrogen (secondary N) is 1. The number of amides is 1. The van der Waals surface area contributed by atoms with Crippen LogP contribution in [0.4, 0.5) is 5.69 Å². The van der Waals surface area contributed by atoms with Crippen LogP contribution in [0.25, 0.3) is 10.8 Å². The van der Waals surface area contributed by atoms with Gasteiger partial charge < -0.3 is 10.1 Å². The lowest BCUT2D eigenvalue weighted by Gasteiger charge is -2.26. The molecule has 1 amide bonds. The minimum atomic E-state index is -0.0663. The van der Waals surface area contributed by atoms with Gasteiger partial charge in [0, 0.05) is 29.7 Å². The van der Waals surface area contributed by atoms with E-state index >= 15 is 0 Å². The first-order valence-electron chi connectivity index (χ1n) is 11.0. The van der Waals surface area contributed by atoms with Crippen LogP contribution in [0.2, 0.25) is 0 Å².